The molecule has 0 saturated heterocycles. The van der Waals surface area contributed by atoms with E-state index in [0.29, 0.717) is 24.5 Å². The first kappa shape index (κ1) is 23.2. The maximum atomic E-state index is 9.64. The van der Waals surface area contributed by atoms with Crippen molar-refractivity contribution in [1.29, 1.82) is 5.26 Å². The highest BCUT2D eigenvalue weighted by Gasteiger charge is 2.25. The Morgan fingerprint density at radius 2 is 1.83 bits per heavy atom. The zero-order chi connectivity index (χ0) is 22.1. The van der Waals surface area contributed by atoms with E-state index in [4.69, 9.17) is 9.47 Å². The van der Waals surface area contributed by atoms with Gasteiger partial charge in [0.25, 0.3) is 0 Å². The van der Waals surface area contributed by atoms with Crippen LogP contribution in [0.1, 0.15) is 56.4 Å². The molecule has 0 aliphatic carbocycles. The van der Waals surface area contributed by atoms with Crippen LogP contribution in [0.25, 0.3) is 0 Å². The molecule has 0 N–H and O–H groups in total. The molecular weight excluding hydrogens is 372 g/mol. The number of nitriles is 1. The van der Waals surface area contributed by atoms with Crippen molar-refractivity contribution in [2.24, 2.45) is 4.99 Å². The van der Waals surface area contributed by atoms with E-state index >= 15 is 0 Å². The molecule has 0 radical (unpaired) electrons. The van der Waals surface area contributed by atoms with Gasteiger partial charge < -0.3 is 9.47 Å². The van der Waals surface area contributed by atoms with Gasteiger partial charge in [0.15, 0.2) is 0 Å². The van der Waals surface area contributed by atoms with Crippen molar-refractivity contribution in [1.82, 2.24) is 0 Å². The SMILES string of the molecule is C/C=C\C(COc1ccc(C(C)(C)c2cc(C)c(OCCC)c(C#N)c2)cc1)=NC. The topological polar surface area (TPSA) is 54.6 Å². The standard InChI is InChI=1S/C26H32N2O2/c1-7-9-23(28-6)18-30-24-12-10-21(11-13-24)26(4,5)22-15-19(3)25(29-14-8-2)20(16-22)17-27/h7,9-13,15-16H,8,14,18H2,1-6H3/b9-7-,28-23?. The average Bonchev–Trinajstić information content (AvgIpc) is 2.75. The Hall–Kier alpha value is -3.06. The minimum Gasteiger partial charge on any atom is -0.492 e. The molecule has 0 fully saturated rings. The number of hydrogen-bond donors (Lipinski definition) is 0. The third-order valence-corrected chi connectivity index (χ3v) is 5.18. The molecule has 0 spiro atoms. The molecule has 0 saturated carbocycles. The number of hydrogen-bond acceptors (Lipinski definition) is 4. The molecule has 0 atom stereocenters. The normalized spacial score (nSPS) is 12.1. The molecule has 0 aromatic heterocycles. The van der Waals surface area contributed by atoms with Crippen LogP contribution in [-0.2, 0) is 5.41 Å². The van der Waals surface area contributed by atoms with Crippen LogP contribution in [0.5, 0.6) is 11.5 Å². The molecule has 2 rings (SSSR count). The molecule has 0 aliphatic rings. The van der Waals surface area contributed by atoms with Gasteiger partial charge in [-0.3, -0.25) is 4.99 Å². The summed E-state index contributed by atoms with van der Waals surface area (Å²) in [5.74, 6) is 1.49. The average molecular weight is 405 g/mol. The molecule has 4 nitrogen and oxygen atoms in total. The molecule has 2 aromatic rings. The first-order chi connectivity index (χ1) is 14.4. The van der Waals surface area contributed by atoms with Crippen molar-refractivity contribution in [2.75, 3.05) is 20.3 Å². The first-order valence-corrected chi connectivity index (χ1v) is 10.4. The Labute approximate surface area is 180 Å². The fourth-order valence-corrected chi connectivity index (χ4v) is 3.28. The third kappa shape index (κ3) is 5.51. The summed E-state index contributed by atoms with van der Waals surface area (Å²) >= 11 is 0. The Kier molecular flexibility index (Phi) is 8.24. The number of ether oxygens (including phenoxy) is 2. The molecule has 0 aliphatic heterocycles. The molecule has 0 heterocycles. The number of aryl methyl sites for hydroxylation is 1. The van der Waals surface area contributed by atoms with Crippen LogP contribution >= 0.6 is 0 Å². The molecule has 4 heteroatoms. The van der Waals surface area contributed by atoms with Gasteiger partial charge in [-0.05, 0) is 61.2 Å². The lowest BCUT2D eigenvalue weighted by atomic mass is 9.77. The quantitative estimate of drug-likeness (QED) is 0.481. The summed E-state index contributed by atoms with van der Waals surface area (Å²) in [6.45, 7) is 11.4. The van der Waals surface area contributed by atoms with Crippen molar-refractivity contribution >= 4 is 5.71 Å². The second-order valence-electron chi connectivity index (χ2n) is 7.78. The fraction of sp³-hybridized carbons (Fsp3) is 0.385. The number of allylic oxidation sites excluding steroid dienone is 1. The summed E-state index contributed by atoms with van der Waals surface area (Å²) in [6, 6.07) is 14.5. The molecule has 158 valence electrons. The number of aliphatic imine (C=N–C) groups is 1. The van der Waals surface area contributed by atoms with E-state index < -0.39 is 0 Å². The maximum Gasteiger partial charge on any atom is 0.139 e. The smallest absolute Gasteiger partial charge is 0.139 e. The minimum atomic E-state index is -0.265. The molecular formula is C26H32N2O2. The van der Waals surface area contributed by atoms with Crippen molar-refractivity contribution < 1.29 is 9.47 Å². The number of rotatable bonds is 9. The van der Waals surface area contributed by atoms with Crippen LogP contribution in [0.2, 0.25) is 0 Å². The van der Waals surface area contributed by atoms with Gasteiger partial charge in [-0.25, -0.2) is 0 Å². The van der Waals surface area contributed by atoms with Gasteiger partial charge in [-0.15, -0.1) is 0 Å². The lowest BCUT2D eigenvalue weighted by Gasteiger charge is -2.27. The van der Waals surface area contributed by atoms with Crippen LogP contribution in [0, 0.1) is 18.3 Å². The van der Waals surface area contributed by atoms with Gasteiger partial charge in [-0.2, -0.15) is 5.26 Å². The molecule has 0 unspecified atom stereocenters. The summed E-state index contributed by atoms with van der Waals surface area (Å²) in [5, 5.41) is 9.64. The molecule has 0 amide bonds. The third-order valence-electron chi connectivity index (χ3n) is 5.18. The van der Waals surface area contributed by atoms with Crippen LogP contribution in [0.3, 0.4) is 0 Å². The highest BCUT2D eigenvalue weighted by molar-refractivity contribution is 5.96. The first-order valence-electron chi connectivity index (χ1n) is 10.4. The van der Waals surface area contributed by atoms with E-state index in [1.807, 2.05) is 44.2 Å². The van der Waals surface area contributed by atoms with E-state index in [0.717, 1.165) is 34.6 Å². The highest BCUT2D eigenvalue weighted by atomic mass is 16.5. The molecule has 0 bridgehead atoms. The summed E-state index contributed by atoms with van der Waals surface area (Å²) in [6.07, 6.45) is 4.81. The Morgan fingerprint density at radius 3 is 2.40 bits per heavy atom. The monoisotopic (exact) mass is 404 g/mol. The zero-order valence-electron chi connectivity index (χ0n) is 19.0. The predicted molar refractivity (Wildman–Crippen MR) is 124 cm³/mol. The molecule has 30 heavy (non-hydrogen) atoms. The lowest BCUT2D eigenvalue weighted by Crippen LogP contribution is -2.19. The van der Waals surface area contributed by atoms with E-state index in [1.54, 1.807) is 7.05 Å². The largest absolute Gasteiger partial charge is 0.492 e. The van der Waals surface area contributed by atoms with Crippen molar-refractivity contribution in [2.45, 2.75) is 46.5 Å². The van der Waals surface area contributed by atoms with Crippen molar-refractivity contribution in [3.05, 3.63) is 70.8 Å². The number of benzene rings is 2. The Bertz CT molecular complexity index is 948. The van der Waals surface area contributed by atoms with Gasteiger partial charge in [-0.1, -0.05) is 45.0 Å². The van der Waals surface area contributed by atoms with Gasteiger partial charge in [0.05, 0.1) is 17.9 Å². The van der Waals surface area contributed by atoms with E-state index in [9.17, 15) is 5.26 Å². The van der Waals surface area contributed by atoms with Gasteiger partial charge in [0, 0.05) is 12.5 Å². The van der Waals surface area contributed by atoms with Crippen molar-refractivity contribution in [3.8, 4) is 17.6 Å². The van der Waals surface area contributed by atoms with Crippen LogP contribution in [0.4, 0.5) is 0 Å². The number of nitrogens with zero attached hydrogens (tertiary/aromatic N) is 2. The maximum absolute atomic E-state index is 9.64. The Morgan fingerprint density at radius 1 is 1.13 bits per heavy atom. The Balaban J connectivity index is 2.26. The fourth-order valence-electron chi connectivity index (χ4n) is 3.28. The molecule has 2 aromatic carbocycles. The van der Waals surface area contributed by atoms with Gasteiger partial charge in [0.1, 0.15) is 24.2 Å². The summed E-state index contributed by atoms with van der Waals surface area (Å²) in [4.78, 5) is 4.21. The van der Waals surface area contributed by atoms with E-state index in [1.165, 1.54) is 0 Å². The highest BCUT2D eigenvalue weighted by Crippen LogP contribution is 2.36. The van der Waals surface area contributed by atoms with Crippen molar-refractivity contribution in [3.63, 3.8) is 0 Å². The summed E-state index contributed by atoms with van der Waals surface area (Å²) in [7, 11) is 1.76. The van der Waals surface area contributed by atoms with Crippen LogP contribution in [0.15, 0.2) is 53.5 Å². The summed E-state index contributed by atoms with van der Waals surface area (Å²) in [5.41, 5.74) is 4.44. The predicted octanol–water partition coefficient (Wildman–Crippen LogP) is 6.01. The van der Waals surface area contributed by atoms with Gasteiger partial charge in [0.2, 0.25) is 0 Å². The van der Waals surface area contributed by atoms with E-state index in [2.05, 4.69) is 50.0 Å². The van der Waals surface area contributed by atoms with Gasteiger partial charge >= 0.3 is 0 Å². The van der Waals surface area contributed by atoms with Crippen LogP contribution < -0.4 is 9.47 Å². The van der Waals surface area contributed by atoms with E-state index in [-0.39, 0.29) is 5.41 Å². The second kappa shape index (κ2) is 10.6. The van der Waals surface area contributed by atoms with Crippen LogP contribution in [-0.4, -0.2) is 26.0 Å². The lowest BCUT2D eigenvalue weighted by molar-refractivity contribution is 0.314. The second-order valence-corrected chi connectivity index (χ2v) is 7.78. The minimum absolute atomic E-state index is 0.265. The zero-order valence-corrected chi connectivity index (χ0v) is 19.0. The summed E-state index contributed by atoms with van der Waals surface area (Å²) < 4.78 is 11.7.